The average molecular weight is 426 g/mol. The zero-order chi connectivity index (χ0) is 21.8. The molecule has 3 aromatic rings. The largest absolute Gasteiger partial charge is 0.312 e. The highest BCUT2D eigenvalue weighted by molar-refractivity contribution is 6.01. The minimum Gasteiger partial charge on any atom is -0.312 e. The third-order valence-electron chi connectivity index (χ3n) is 6.78. The van der Waals surface area contributed by atoms with Crippen molar-refractivity contribution in [3.05, 3.63) is 102 Å². The number of nitrogens with zero attached hydrogens (tertiary/aromatic N) is 3. The van der Waals surface area contributed by atoms with Gasteiger partial charge in [-0.25, -0.2) is 0 Å². The molecule has 4 heteroatoms. The molecule has 2 aliphatic rings. The molecule has 3 aromatic carbocycles. The summed E-state index contributed by atoms with van der Waals surface area (Å²) in [5.74, 6) is 0.240. The average Bonchev–Trinajstić information content (AvgIpc) is 3.17. The van der Waals surface area contributed by atoms with Gasteiger partial charge >= 0.3 is 0 Å². The van der Waals surface area contributed by atoms with Crippen molar-refractivity contribution in [3.63, 3.8) is 0 Å². The Morgan fingerprint density at radius 1 is 0.688 bits per heavy atom. The monoisotopic (exact) mass is 425 g/mol. The van der Waals surface area contributed by atoms with Gasteiger partial charge in [-0.2, -0.15) is 0 Å². The van der Waals surface area contributed by atoms with Crippen LogP contribution in [-0.2, 0) is 11.2 Å². The van der Waals surface area contributed by atoms with Gasteiger partial charge in [-0.3, -0.25) is 9.69 Å². The molecule has 5 rings (SSSR count). The minimum absolute atomic E-state index is 0.240. The molecule has 4 nitrogen and oxygen atoms in total. The Morgan fingerprint density at radius 2 is 1.28 bits per heavy atom. The first-order valence-corrected chi connectivity index (χ1v) is 11.7. The molecule has 1 saturated heterocycles. The van der Waals surface area contributed by atoms with Crippen LogP contribution in [0.5, 0.6) is 0 Å². The maximum absolute atomic E-state index is 12.4. The fourth-order valence-electron chi connectivity index (χ4n) is 5.14. The SMILES string of the molecule is O=C1Cc2ccccc2N1CCCN1CCN(C(c2ccccc2)c2ccccc2)CC1. The third kappa shape index (κ3) is 4.47. The predicted octanol–water partition coefficient (Wildman–Crippen LogP) is 4.37. The molecule has 0 aromatic heterocycles. The van der Waals surface area contributed by atoms with Crippen molar-refractivity contribution in [2.75, 3.05) is 44.2 Å². The summed E-state index contributed by atoms with van der Waals surface area (Å²) < 4.78 is 0. The van der Waals surface area contributed by atoms with E-state index in [9.17, 15) is 4.79 Å². The lowest BCUT2D eigenvalue weighted by Crippen LogP contribution is -2.48. The first-order chi connectivity index (χ1) is 15.8. The fraction of sp³-hybridized carbons (Fsp3) is 0.321. The van der Waals surface area contributed by atoms with Crippen LogP contribution in [0.3, 0.4) is 0 Å². The summed E-state index contributed by atoms with van der Waals surface area (Å²) in [6.07, 6.45) is 1.57. The summed E-state index contributed by atoms with van der Waals surface area (Å²) in [6, 6.07) is 30.2. The summed E-state index contributed by atoms with van der Waals surface area (Å²) in [5, 5.41) is 0. The predicted molar refractivity (Wildman–Crippen MR) is 130 cm³/mol. The van der Waals surface area contributed by atoms with Crippen molar-refractivity contribution in [2.24, 2.45) is 0 Å². The molecule has 0 unspecified atom stereocenters. The van der Waals surface area contributed by atoms with E-state index in [1.165, 1.54) is 16.7 Å². The fourth-order valence-corrected chi connectivity index (χ4v) is 5.14. The summed E-state index contributed by atoms with van der Waals surface area (Å²) in [7, 11) is 0. The molecule has 164 valence electrons. The van der Waals surface area contributed by atoms with Gasteiger partial charge in [-0.15, -0.1) is 0 Å². The highest BCUT2D eigenvalue weighted by atomic mass is 16.2. The maximum Gasteiger partial charge on any atom is 0.231 e. The minimum atomic E-state index is 0.240. The molecule has 0 N–H and O–H groups in total. The number of para-hydroxylation sites is 1. The van der Waals surface area contributed by atoms with Crippen molar-refractivity contribution in [1.29, 1.82) is 0 Å². The van der Waals surface area contributed by atoms with Crippen LogP contribution in [0.2, 0.25) is 0 Å². The van der Waals surface area contributed by atoms with Gasteiger partial charge in [-0.1, -0.05) is 78.9 Å². The molecule has 0 atom stereocenters. The zero-order valence-electron chi connectivity index (χ0n) is 18.6. The molecule has 1 fully saturated rings. The van der Waals surface area contributed by atoms with Gasteiger partial charge in [-0.05, 0) is 35.7 Å². The smallest absolute Gasteiger partial charge is 0.231 e. The lowest BCUT2D eigenvalue weighted by Gasteiger charge is -2.40. The summed E-state index contributed by atoms with van der Waals surface area (Å²) in [4.78, 5) is 19.5. The van der Waals surface area contributed by atoms with E-state index in [4.69, 9.17) is 0 Å². The lowest BCUT2D eigenvalue weighted by molar-refractivity contribution is -0.117. The topological polar surface area (TPSA) is 26.8 Å². The number of benzene rings is 3. The zero-order valence-corrected chi connectivity index (χ0v) is 18.6. The van der Waals surface area contributed by atoms with Crippen LogP contribution < -0.4 is 4.90 Å². The van der Waals surface area contributed by atoms with E-state index in [0.717, 1.165) is 51.4 Å². The molecule has 0 bridgehead atoms. The standard InChI is InChI=1S/C28H31N3O/c32-27-22-25-14-7-8-15-26(25)31(27)17-9-16-29-18-20-30(21-19-29)28(23-10-3-1-4-11-23)24-12-5-2-6-13-24/h1-8,10-15,28H,9,16-22H2. The second-order valence-corrected chi connectivity index (χ2v) is 8.81. The van der Waals surface area contributed by atoms with Crippen LogP contribution in [-0.4, -0.2) is 55.0 Å². The van der Waals surface area contributed by atoms with Crippen molar-refractivity contribution in [1.82, 2.24) is 9.80 Å². The molecule has 0 aliphatic carbocycles. The highest BCUT2D eigenvalue weighted by Gasteiger charge is 2.28. The quantitative estimate of drug-likeness (QED) is 0.562. The highest BCUT2D eigenvalue weighted by Crippen LogP contribution is 2.30. The van der Waals surface area contributed by atoms with Crippen molar-refractivity contribution < 1.29 is 4.79 Å². The molecule has 0 spiro atoms. The van der Waals surface area contributed by atoms with Gasteiger partial charge in [0.15, 0.2) is 0 Å². The number of carbonyl (C=O) groups excluding carboxylic acids is 1. The molecule has 0 saturated carbocycles. The number of hydrogen-bond acceptors (Lipinski definition) is 3. The third-order valence-corrected chi connectivity index (χ3v) is 6.78. The van der Waals surface area contributed by atoms with E-state index in [-0.39, 0.29) is 5.91 Å². The number of carbonyl (C=O) groups is 1. The maximum atomic E-state index is 12.4. The Labute approximate surface area is 191 Å². The van der Waals surface area contributed by atoms with Crippen LogP contribution in [0.25, 0.3) is 0 Å². The van der Waals surface area contributed by atoms with Gasteiger partial charge in [0.05, 0.1) is 12.5 Å². The number of rotatable bonds is 7. The molecule has 0 radical (unpaired) electrons. The van der Waals surface area contributed by atoms with Gasteiger partial charge in [0, 0.05) is 38.4 Å². The van der Waals surface area contributed by atoms with Gasteiger partial charge in [0.25, 0.3) is 0 Å². The molecular weight excluding hydrogens is 394 g/mol. The van der Waals surface area contributed by atoms with Gasteiger partial charge in [0.1, 0.15) is 0 Å². The summed E-state index contributed by atoms with van der Waals surface area (Å²) in [5.41, 5.74) is 4.99. The normalized spacial score (nSPS) is 17.2. The Balaban J connectivity index is 1.17. The van der Waals surface area contributed by atoms with Crippen LogP contribution in [0.1, 0.15) is 29.2 Å². The number of amides is 1. The van der Waals surface area contributed by atoms with Crippen molar-refractivity contribution in [2.45, 2.75) is 18.9 Å². The van der Waals surface area contributed by atoms with E-state index in [2.05, 4.69) is 82.6 Å². The number of piperazine rings is 1. The molecule has 32 heavy (non-hydrogen) atoms. The van der Waals surface area contributed by atoms with Crippen molar-refractivity contribution >= 4 is 11.6 Å². The molecular formula is C28H31N3O. The van der Waals surface area contributed by atoms with Gasteiger partial charge in [0.2, 0.25) is 5.91 Å². The molecule has 1 amide bonds. The summed E-state index contributed by atoms with van der Waals surface area (Å²) >= 11 is 0. The Hall–Kier alpha value is -2.95. The first-order valence-electron chi connectivity index (χ1n) is 11.7. The van der Waals surface area contributed by atoms with Crippen molar-refractivity contribution in [3.8, 4) is 0 Å². The van der Waals surface area contributed by atoms with Gasteiger partial charge < -0.3 is 9.80 Å². The number of hydrogen-bond donors (Lipinski definition) is 0. The second kappa shape index (κ2) is 9.68. The second-order valence-electron chi connectivity index (χ2n) is 8.81. The Morgan fingerprint density at radius 3 is 1.94 bits per heavy atom. The molecule has 2 aliphatic heterocycles. The number of anilines is 1. The van der Waals surface area contributed by atoms with E-state index in [0.29, 0.717) is 12.5 Å². The molecule has 2 heterocycles. The van der Waals surface area contributed by atoms with Crippen LogP contribution in [0.4, 0.5) is 5.69 Å². The van der Waals surface area contributed by atoms with E-state index in [1.807, 2.05) is 17.0 Å². The Bertz CT molecular complexity index is 989. The van der Waals surface area contributed by atoms with Crippen LogP contribution >= 0.6 is 0 Å². The Kier molecular flexibility index (Phi) is 6.33. The van der Waals surface area contributed by atoms with Crippen LogP contribution in [0, 0.1) is 0 Å². The van der Waals surface area contributed by atoms with E-state index in [1.54, 1.807) is 0 Å². The summed E-state index contributed by atoms with van der Waals surface area (Å²) in [6.45, 7) is 6.11. The van der Waals surface area contributed by atoms with Crippen LogP contribution in [0.15, 0.2) is 84.9 Å². The number of fused-ring (bicyclic) bond motifs is 1. The van der Waals surface area contributed by atoms with E-state index < -0.39 is 0 Å². The first kappa shape index (κ1) is 20.9. The van der Waals surface area contributed by atoms with E-state index >= 15 is 0 Å². The lowest BCUT2D eigenvalue weighted by atomic mass is 9.96.